The summed E-state index contributed by atoms with van der Waals surface area (Å²) in [6.45, 7) is 18.5. The molecule has 7 heteroatoms. The molecule has 2 unspecified atom stereocenters. The van der Waals surface area contributed by atoms with Gasteiger partial charge in [0.25, 0.3) is 0 Å². The average molecular weight is 547 g/mol. The topological polar surface area (TPSA) is 27.7 Å². The molecule has 0 saturated heterocycles. The predicted octanol–water partition coefficient (Wildman–Crippen LogP) is 7.79. The minimum Gasteiger partial charge on any atom is -0.433 e. The lowest BCUT2D eigenvalue weighted by molar-refractivity contribution is 0.324. The first kappa shape index (κ1) is 30.4. The molecule has 0 heterocycles. The summed E-state index contributed by atoms with van der Waals surface area (Å²) in [5.74, 6) is 0. The summed E-state index contributed by atoms with van der Waals surface area (Å²) in [6, 6.07) is 30.3. The second kappa shape index (κ2) is 13.7. The van der Waals surface area contributed by atoms with Crippen LogP contribution in [-0.4, -0.2) is 33.8 Å². The van der Waals surface area contributed by atoms with E-state index in [1.807, 2.05) is 0 Å². The highest BCUT2D eigenvalue weighted by Crippen LogP contribution is 2.35. The molecule has 0 bridgehead atoms. The Morgan fingerprint density at radius 1 is 0.400 bits per heavy atom. The zero-order valence-electron chi connectivity index (χ0n) is 23.7. The summed E-state index contributed by atoms with van der Waals surface area (Å²) >= 11 is 0. The van der Waals surface area contributed by atoms with E-state index in [4.69, 9.17) is 12.3 Å². The van der Waals surface area contributed by atoms with Gasteiger partial charge in [0.05, 0.1) is 0 Å². The van der Waals surface area contributed by atoms with Crippen molar-refractivity contribution in [2.24, 2.45) is 0 Å². The van der Waals surface area contributed by atoms with E-state index >= 15 is 0 Å². The maximum Gasteiger partial charge on any atom is 0.353 e. The van der Waals surface area contributed by atoms with Gasteiger partial charge >= 0.3 is 17.1 Å². The zero-order chi connectivity index (χ0) is 26.0. The molecule has 0 N–H and O–H groups in total. The van der Waals surface area contributed by atoms with E-state index in [2.05, 4.69) is 116 Å². The Bertz CT molecular complexity index is 771. The maximum absolute atomic E-state index is 7.72. The molecule has 2 atom stereocenters. The lowest BCUT2D eigenvalue weighted by Crippen LogP contribution is -2.70. The molecule has 0 aliphatic rings. The SMILES string of the molecule is CC[Si](CC)(CC)O[Si](CC)(O[Si](CC)(O[Si](CC)(CC)CC)c1ccccc1)c1ccccc1. The van der Waals surface area contributed by atoms with Crippen LogP contribution in [0, 0.1) is 0 Å². The molecule has 3 nitrogen and oxygen atoms in total. The van der Waals surface area contributed by atoms with Gasteiger partial charge in [0.2, 0.25) is 0 Å². The normalized spacial score (nSPS) is 16.0. The van der Waals surface area contributed by atoms with Crippen molar-refractivity contribution in [2.45, 2.75) is 104 Å². The van der Waals surface area contributed by atoms with Crippen LogP contribution in [0.1, 0.15) is 55.4 Å². The fourth-order valence-corrected chi connectivity index (χ4v) is 26.9. The minimum absolute atomic E-state index is 0.898. The van der Waals surface area contributed by atoms with E-state index < -0.39 is 33.8 Å². The molecule has 2 rings (SSSR count). The molecular weight excluding hydrogens is 497 g/mol. The summed E-state index contributed by atoms with van der Waals surface area (Å²) < 4.78 is 22.8. The van der Waals surface area contributed by atoms with E-state index in [0.717, 1.165) is 48.4 Å². The van der Waals surface area contributed by atoms with Crippen LogP contribution >= 0.6 is 0 Å². The quantitative estimate of drug-likeness (QED) is 0.201. The van der Waals surface area contributed by atoms with Crippen LogP contribution in [0.15, 0.2) is 60.7 Å². The first-order valence-electron chi connectivity index (χ1n) is 14.0. The molecule has 0 aromatic heterocycles. The number of hydrogen-bond donors (Lipinski definition) is 0. The van der Waals surface area contributed by atoms with E-state index in [9.17, 15) is 0 Å². The Hall–Kier alpha value is -0.812. The van der Waals surface area contributed by atoms with Crippen molar-refractivity contribution in [2.75, 3.05) is 0 Å². The Kier molecular flexibility index (Phi) is 11.9. The predicted molar refractivity (Wildman–Crippen MR) is 162 cm³/mol. The average Bonchev–Trinajstić information content (AvgIpc) is 2.94. The summed E-state index contributed by atoms with van der Waals surface area (Å²) in [6.07, 6.45) is 0. The van der Waals surface area contributed by atoms with Gasteiger partial charge in [0.1, 0.15) is 0 Å². The standard InChI is InChI=1S/C28H50O3Si4/c1-9-32(10-2,11-3)29-34(15-7,27-23-19-17-20-24-27)31-35(16-8,28-25-21-18-22-26-28)30-33(12-4,13-5)14-6/h17-26H,9-16H2,1-8H3. The summed E-state index contributed by atoms with van der Waals surface area (Å²) in [5, 5.41) is 2.52. The van der Waals surface area contributed by atoms with Gasteiger partial charge in [-0.15, -0.1) is 0 Å². The van der Waals surface area contributed by atoms with Gasteiger partial charge in [-0.3, -0.25) is 0 Å². The second-order valence-electron chi connectivity index (χ2n) is 9.74. The Labute approximate surface area is 220 Å². The van der Waals surface area contributed by atoms with Gasteiger partial charge in [-0.2, -0.15) is 0 Å². The first-order chi connectivity index (χ1) is 16.8. The summed E-state index contributed by atoms with van der Waals surface area (Å²) in [7, 11) is -9.48. The molecule has 0 amide bonds. The molecule has 0 aliphatic heterocycles. The molecule has 196 valence electrons. The van der Waals surface area contributed by atoms with Crippen LogP contribution in [0.4, 0.5) is 0 Å². The third kappa shape index (κ3) is 6.74. The van der Waals surface area contributed by atoms with Gasteiger partial charge < -0.3 is 12.3 Å². The molecule has 0 fully saturated rings. The van der Waals surface area contributed by atoms with Crippen molar-refractivity contribution >= 4 is 44.1 Å². The summed E-state index contributed by atoms with van der Waals surface area (Å²) in [4.78, 5) is 0. The Morgan fingerprint density at radius 2 is 0.686 bits per heavy atom. The van der Waals surface area contributed by atoms with E-state index in [1.165, 1.54) is 10.4 Å². The molecule has 0 saturated carbocycles. The lowest BCUT2D eigenvalue weighted by atomic mass is 10.4. The van der Waals surface area contributed by atoms with Crippen LogP contribution in [0.2, 0.25) is 48.4 Å². The second-order valence-corrected chi connectivity index (χ2v) is 26.7. The Balaban J connectivity index is 2.78. The maximum atomic E-state index is 7.72. The van der Waals surface area contributed by atoms with Crippen molar-refractivity contribution in [3.8, 4) is 0 Å². The third-order valence-corrected chi connectivity index (χ3v) is 29.1. The van der Waals surface area contributed by atoms with Gasteiger partial charge in [-0.05, 0) is 58.7 Å². The number of benzene rings is 2. The van der Waals surface area contributed by atoms with Gasteiger partial charge in [-0.1, -0.05) is 116 Å². The van der Waals surface area contributed by atoms with Crippen molar-refractivity contribution in [3.63, 3.8) is 0 Å². The van der Waals surface area contributed by atoms with E-state index in [-0.39, 0.29) is 0 Å². The van der Waals surface area contributed by atoms with E-state index in [1.54, 1.807) is 0 Å². The number of hydrogen-bond acceptors (Lipinski definition) is 3. The van der Waals surface area contributed by atoms with Crippen molar-refractivity contribution in [1.29, 1.82) is 0 Å². The molecule has 2 aromatic carbocycles. The first-order valence-corrected chi connectivity index (χ1v) is 23.1. The molecule has 0 aliphatic carbocycles. The highest BCUT2D eigenvalue weighted by molar-refractivity contribution is 7.00. The zero-order valence-corrected chi connectivity index (χ0v) is 27.7. The van der Waals surface area contributed by atoms with Crippen LogP contribution in [-0.2, 0) is 12.3 Å². The largest absolute Gasteiger partial charge is 0.433 e. The lowest BCUT2D eigenvalue weighted by Gasteiger charge is -2.48. The van der Waals surface area contributed by atoms with Crippen LogP contribution in [0.3, 0.4) is 0 Å². The number of rotatable bonds is 16. The monoisotopic (exact) mass is 546 g/mol. The van der Waals surface area contributed by atoms with Gasteiger partial charge in [-0.25, -0.2) is 0 Å². The van der Waals surface area contributed by atoms with Crippen LogP contribution in [0.25, 0.3) is 0 Å². The van der Waals surface area contributed by atoms with Crippen LogP contribution in [0.5, 0.6) is 0 Å². The smallest absolute Gasteiger partial charge is 0.353 e. The van der Waals surface area contributed by atoms with E-state index in [0.29, 0.717) is 0 Å². The fraction of sp³-hybridized carbons (Fsp3) is 0.571. The fourth-order valence-electron chi connectivity index (χ4n) is 5.26. The van der Waals surface area contributed by atoms with Gasteiger partial charge in [0, 0.05) is 0 Å². The molecule has 2 aromatic rings. The van der Waals surface area contributed by atoms with Crippen LogP contribution < -0.4 is 10.4 Å². The molecular formula is C28H50O3Si4. The van der Waals surface area contributed by atoms with Gasteiger partial charge in [0.15, 0.2) is 16.6 Å². The molecule has 0 radical (unpaired) electrons. The van der Waals surface area contributed by atoms with Crippen molar-refractivity contribution in [1.82, 2.24) is 0 Å². The summed E-state index contributed by atoms with van der Waals surface area (Å²) in [5.41, 5.74) is 0. The highest BCUT2D eigenvalue weighted by atomic mass is 28.5. The molecule has 0 spiro atoms. The van der Waals surface area contributed by atoms with Crippen molar-refractivity contribution in [3.05, 3.63) is 60.7 Å². The van der Waals surface area contributed by atoms with Crippen molar-refractivity contribution < 1.29 is 12.3 Å². The third-order valence-electron chi connectivity index (χ3n) is 8.32. The molecule has 35 heavy (non-hydrogen) atoms. The minimum atomic E-state index is -2.80. The Morgan fingerprint density at radius 3 is 0.914 bits per heavy atom. The highest BCUT2D eigenvalue weighted by Gasteiger charge is 2.55.